The Morgan fingerprint density at radius 1 is 0.670 bits per heavy atom. The summed E-state index contributed by atoms with van der Waals surface area (Å²) in [5, 5.41) is 11.2. The fourth-order valence-corrected chi connectivity index (χ4v) is 19.6. The van der Waals surface area contributed by atoms with Gasteiger partial charge in [-0.15, -0.1) is 0 Å². The molecule has 2 aliphatic heterocycles. The van der Waals surface area contributed by atoms with E-state index in [1.165, 1.54) is 40.6 Å². The lowest BCUT2D eigenvalue weighted by Gasteiger charge is -2.45. The van der Waals surface area contributed by atoms with Gasteiger partial charge in [-0.3, -0.25) is 46.4 Å². The van der Waals surface area contributed by atoms with Crippen LogP contribution in [0.4, 0.5) is 0 Å². The van der Waals surface area contributed by atoms with Crippen molar-refractivity contribution in [1.29, 1.82) is 5.26 Å². The van der Waals surface area contributed by atoms with E-state index in [9.17, 15) is 32.9 Å². The Bertz CT molecular complexity index is 4380. The molecule has 0 aliphatic carbocycles. The number of methoxy groups -OCH3 is 2. The van der Waals surface area contributed by atoms with Gasteiger partial charge < -0.3 is 28.1 Å². The average Bonchev–Trinajstić information content (AvgIpc) is 1.44. The van der Waals surface area contributed by atoms with Crippen molar-refractivity contribution in [2.24, 2.45) is 0 Å². The lowest BCUT2D eigenvalue weighted by Crippen LogP contribution is -2.68. The molecule has 4 heterocycles. The number of ether oxygens (including phenoxy) is 5. The van der Waals surface area contributed by atoms with Crippen molar-refractivity contribution >= 4 is 36.6 Å². The SMILES string of the molecule is COc1ccc(C(OC[C@H]2O[C@@H](n3cc(C)c(=O)[nH]c3=O)C[C@@H]2OP(=O)(OCCC#N)O[C@@H](C/C=C/CCOS(=O)(=O)c2ccc(C)cc2)[C@H]2O[C@@H](n3cc(C)c(=O)[nH]c3=O)C[C@@H]2O[Si](c2ccccc2)(c2ccccc2)C(C)(C)C)(c2ccccc2)c2ccc(OC)cc2)cc1. The molecule has 0 bridgehead atoms. The molecule has 6 aromatic carbocycles. The van der Waals surface area contributed by atoms with E-state index in [0.717, 1.165) is 15.9 Å². The molecule has 2 fully saturated rings. The van der Waals surface area contributed by atoms with Crippen LogP contribution in [0.3, 0.4) is 0 Å². The first-order chi connectivity index (χ1) is 46.5. The fourth-order valence-electron chi connectivity index (χ4n) is 12.4. The number of aromatic amines is 2. The number of hydrogen-bond acceptors (Lipinski definition) is 18. The lowest BCUT2D eigenvalue weighted by molar-refractivity contribution is -0.101. The Labute approximate surface area is 564 Å². The summed E-state index contributed by atoms with van der Waals surface area (Å²) in [5.41, 5.74) is -0.927. The number of hydrogen-bond donors (Lipinski definition) is 2. The number of aromatic nitrogens is 4. The molecule has 0 radical (unpaired) electrons. The summed E-state index contributed by atoms with van der Waals surface area (Å²) in [4.78, 5) is 58.4. The molecule has 2 N–H and O–H groups in total. The first-order valence-electron chi connectivity index (χ1n) is 31.8. The van der Waals surface area contributed by atoms with Crippen molar-refractivity contribution in [2.45, 2.75) is 132 Å². The largest absolute Gasteiger partial charge is 0.497 e. The van der Waals surface area contributed by atoms with Crippen molar-refractivity contribution < 1.29 is 58.8 Å². The van der Waals surface area contributed by atoms with Crippen molar-refractivity contribution in [3.05, 3.63) is 263 Å². The van der Waals surface area contributed by atoms with Gasteiger partial charge in [-0.05, 0) is 102 Å². The second-order valence-corrected chi connectivity index (χ2v) is 32.3. The van der Waals surface area contributed by atoms with E-state index in [-0.39, 0.29) is 61.3 Å². The zero-order chi connectivity index (χ0) is 69.1. The maximum Gasteiger partial charge on any atom is 0.475 e. The molecule has 10 rings (SSSR count). The molecule has 1 unspecified atom stereocenters. The maximum atomic E-state index is 16.5. The number of benzene rings is 6. The second-order valence-electron chi connectivity index (χ2n) is 24.8. The Kier molecular flexibility index (Phi) is 22.8. The highest BCUT2D eigenvalue weighted by Crippen LogP contribution is 2.56. The monoisotopic (exact) mass is 1380 g/mol. The van der Waals surface area contributed by atoms with Crippen LogP contribution >= 0.6 is 7.82 Å². The molecule has 2 saturated heterocycles. The number of phosphoric ester groups is 1. The number of rotatable bonds is 29. The standard InChI is InChI=1S/C72H80N5O17PSSi/c1-49-29-39-57(40-30-49)96(83,84)89-43-20-12-19-28-60(66-62(45-65(91-66)77-47-51(3)68(79)75-70(77)81)94-97(71(4,5)6,58-24-15-10-16-25-58)59-26-17-11-18-27-59)92-95(82,88-42-21-41-73)93-61-44-64(76-46-50(2)67(78)74-69(76)80)90-63(61)48-87-72(52-22-13-9-14-23-52,53-31-35-55(85-7)36-32-53)54-33-37-56(86-8)38-34-54/h9-19,22-27,29-40,46-47,60-66H,20-21,28,42-45,48H2,1-8H3,(H,74,78,80)(H,75,79,81)/b19-12+/t60-,61-,62-,63+,64+,65+,66+,95?/m0/s1. The molecule has 2 aliphatic rings. The van der Waals surface area contributed by atoms with Crippen LogP contribution in [0.25, 0.3) is 0 Å². The number of H-pyrrole nitrogens is 2. The smallest absolute Gasteiger partial charge is 0.475 e. The maximum absolute atomic E-state index is 16.5. The molecule has 0 amide bonds. The van der Waals surface area contributed by atoms with Gasteiger partial charge in [-0.25, -0.2) is 14.2 Å². The molecule has 0 spiro atoms. The molecule has 8 atom stereocenters. The van der Waals surface area contributed by atoms with E-state index in [4.69, 9.17) is 45.9 Å². The molecule has 25 heteroatoms. The predicted octanol–water partition coefficient (Wildman–Crippen LogP) is 10.1. The van der Waals surface area contributed by atoms with Gasteiger partial charge in [-0.2, -0.15) is 13.7 Å². The molecule has 2 aromatic heterocycles. The Balaban J connectivity index is 1.09. The van der Waals surface area contributed by atoms with Crippen LogP contribution in [0.15, 0.2) is 212 Å². The summed E-state index contributed by atoms with van der Waals surface area (Å²) in [6, 6.07) is 52.1. The van der Waals surface area contributed by atoms with Crippen LogP contribution in [-0.4, -0.2) is 100 Å². The highest BCUT2D eigenvalue weighted by Gasteiger charge is 2.56. The van der Waals surface area contributed by atoms with Crippen LogP contribution in [0.2, 0.25) is 5.04 Å². The van der Waals surface area contributed by atoms with Gasteiger partial charge in [0.1, 0.15) is 54.0 Å². The topological polar surface area (TPSA) is 277 Å². The highest BCUT2D eigenvalue weighted by molar-refractivity contribution is 7.86. The molecular weight excluding hydrogens is 1300 g/mol. The third kappa shape index (κ3) is 16.1. The number of aryl methyl sites for hydroxylation is 3. The van der Waals surface area contributed by atoms with Gasteiger partial charge in [0.2, 0.25) is 0 Å². The van der Waals surface area contributed by atoms with Crippen molar-refractivity contribution in [2.75, 3.05) is 34.0 Å². The zero-order valence-electron chi connectivity index (χ0n) is 55.2. The first-order valence-corrected chi connectivity index (χ1v) is 36.6. The lowest BCUT2D eigenvalue weighted by atomic mass is 9.80. The van der Waals surface area contributed by atoms with Crippen LogP contribution in [-0.2, 0) is 56.7 Å². The van der Waals surface area contributed by atoms with E-state index in [1.807, 2.05) is 153 Å². The first kappa shape index (κ1) is 71.4. The highest BCUT2D eigenvalue weighted by atomic mass is 32.2. The third-order valence-corrected chi connectivity index (χ3v) is 25.3. The van der Waals surface area contributed by atoms with Crippen LogP contribution in [0.1, 0.15) is 98.7 Å². The Morgan fingerprint density at radius 3 is 1.69 bits per heavy atom. The van der Waals surface area contributed by atoms with Crippen molar-refractivity contribution in [1.82, 2.24) is 19.1 Å². The average molecular weight is 1380 g/mol. The van der Waals surface area contributed by atoms with Gasteiger partial charge in [0.15, 0.2) is 0 Å². The fraction of sp³-hybridized carbons (Fsp3) is 0.347. The molecule has 0 saturated carbocycles. The summed E-state index contributed by atoms with van der Waals surface area (Å²) >= 11 is 0. The quantitative estimate of drug-likeness (QED) is 0.0110. The molecule has 8 aromatic rings. The zero-order valence-corrected chi connectivity index (χ0v) is 57.9. The number of nitriles is 1. The second kappa shape index (κ2) is 31.0. The summed E-state index contributed by atoms with van der Waals surface area (Å²) in [6.07, 6.45) is -3.15. The third-order valence-electron chi connectivity index (χ3n) is 17.3. The minimum atomic E-state index is -5.15. The van der Waals surface area contributed by atoms with Crippen LogP contribution in [0.5, 0.6) is 11.5 Å². The summed E-state index contributed by atoms with van der Waals surface area (Å²) in [7, 11) is -9.76. The summed E-state index contributed by atoms with van der Waals surface area (Å²) < 4.78 is 112. The van der Waals surface area contributed by atoms with Crippen LogP contribution < -0.4 is 42.3 Å². The van der Waals surface area contributed by atoms with E-state index < -0.39 is 109 Å². The Morgan fingerprint density at radius 2 is 1.18 bits per heavy atom. The van der Waals surface area contributed by atoms with Gasteiger partial charge in [0.05, 0.1) is 57.5 Å². The number of phosphoric acid groups is 1. The van der Waals surface area contributed by atoms with E-state index in [2.05, 4.69) is 30.7 Å². The Hall–Kier alpha value is -8.41. The predicted molar refractivity (Wildman–Crippen MR) is 366 cm³/mol. The normalized spacial score (nSPS) is 19.3. The van der Waals surface area contributed by atoms with Crippen molar-refractivity contribution in [3.63, 3.8) is 0 Å². The van der Waals surface area contributed by atoms with Gasteiger partial charge >= 0.3 is 19.2 Å². The van der Waals surface area contributed by atoms with E-state index >= 15 is 4.57 Å². The molecule has 510 valence electrons. The van der Waals surface area contributed by atoms with Crippen molar-refractivity contribution in [3.8, 4) is 17.6 Å². The number of nitrogens with one attached hydrogen (secondary N) is 2. The van der Waals surface area contributed by atoms with Crippen LogP contribution in [0, 0.1) is 32.1 Å². The summed E-state index contributed by atoms with van der Waals surface area (Å²) in [6.45, 7) is 10.1. The summed E-state index contributed by atoms with van der Waals surface area (Å²) in [5.74, 6) is 1.16. The van der Waals surface area contributed by atoms with Gasteiger partial charge in [0.25, 0.3) is 29.6 Å². The number of nitrogens with zero attached hydrogens (tertiary/aromatic N) is 3. The van der Waals surface area contributed by atoms with E-state index in [1.54, 1.807) is 45.4 Å². The minimum absolute atomic E-state index is 0.0157. The molecule has 97 heavy (non-hydrogen) atoms. The molecule has 22 nitrogen and oxygen atoms in total. The van der Waals surface area contributed by atoms with E-state index in [0.29, 0.717) is 28.2 Å². The van der Waals surface area contributed by atoms with Gasteiger partial charge in [-0.1, -0.05) is 166 Å². The molecular formula is C72H80N5O17PSSi. The minimum Gasteiger partial charge on any atom is -0.497 e. The van der Waals surface area contributed by atoms with Gasteiger partial charge in [0, 0.05) is 36.4 Å².